The minimum Gasteiger partial charge on any atom is -0.423 e. The summed E-state index contributed by atoms with van der Waals surface area (Å²) in [7, 11) is 0. The van der Waals surface area contributed by atoms with E-state index in [4.69, 9.17) is 21.0 Å². The lowest BCUT2D eigenvalue weighted by atomic mass is 9.97. The van der Waals surface area contributed by atoms with Crippen molar-refractivity contribution in [2.45, 2.75) is 6.04 Å². The van der Waals surface area contributed by atoms with Gasteiger partial charge in [-0.3, -0.25) is 10.1 Å². The van der Waals surface area contributed by atoms with Crippen LogP contribution in [-0.2, 0) is 4.79 Å². The van der Waals surface area contributed by atoms with Crippen LogP contribution in [0.5, 0.6) is 0 Å². The highest BCUT2D eigenvalue weighted by molar-refractivity contribution is 6.31. The summed E-state index contributed by atoms with van der Waals surface area (Å²) in [5, 5.41) is 6.94. The Labute approximate surface area is 194 Å². The van der Waals surface area contributed by atoms with E-state index in [-0.39, 0.29) is 5.91 Å². The van der Waals surface area contributed by atoms with Crippen LogP contribution in [-0.4, -0.2) is 23.4 Å². The molecular formula is C25H18ClN5O2. The van der Waals surface area contributed by atoms with Crippen LogP contribution < -0.4 is 15.5 Å². The standard InChI is InChI=1S/C25H18ClN5O2/c26-17-11-5-4-10-16(17)22-21-19(14-31(23(21)32)15-8-2-1-3-9-15)27-24(29-22)30-25-28-18-12-6-7-13-20(18)33-25/h1-13,22H,14H2,(H2,27,28,29,30). The first-order chi connectivity index (χ1) is 16.2. The molecule has 4 aromatic rings. The molecule has 3 aromatic carbocycles. The molecule has 0 bridgehead atoms. The molecule has 0 saturated carbocycles. The predicted molar refractivity (Wildman–Crippen MR) is 128 cm³/mol. The molecule has 2 N–H and O–H groups in total. The fourth-order valence-corrected chi connectivity index (χ4v) is 4.42. The highest BCUT2D eigenvalue weighted by atomic mass is 35.5. The highest BCUT2D eigenvalue weighted by Crippen LogP contribution is 2.39. The number of aliphatic imine (C=N–C) groups is 1. The molecule has 2 aliphatic heterocycles. The highest BCUT2D eigenvalue weighted by Gasteiger charge is 2.40. The smallest absolute Gasteiger partial charge is 0.302 e. The number of carbonyl (C=O) groups is 1. The molecule has 2 aliphatic rings. The average Bonchev–Trinajstić information content (AvgIpc) is 3.40. The van der Waals surface area contributed by atoms with Crippen molar-refractivity contribution in [1.29, 1.82) is 0 Å². The number of nitrogens with zero attached hydrogens (tertiary/aromatic N) is 3. The number of oxazole rings is 1. The summed E-state index contributed by atoms with van der Waals surface area (Å²) in [6.07, 6.45) is 0. The number of carbonyl (C=O) groups excluding carboxylic acids is 1. The number of halogens is 1. The van der Waals surface area contributed by atoms with Crippen molar-refractivity contribution in [3.8, 4) is 0 Å². The molecule has 0 fully saturated rings. The van der Waals surface area contributed by atoms with Crippen molar-refractivity contribution >= 4 is 46.3 Å². The maximum absolute atomic E-state index is 13.5. The van der Waals surface area contributed by atoms with Gasteiger partial charge < -0.3 is 14.6 Å². The number of nitrogens with one attached hydrogen (secondary N) is 2. The quantitative estimate of drug-likeness (QED) is 0.459. The fourth-order valence-electron chi connectivity index (χ4n) is 4.18. The van der Waals surface area contributed by atoms with E-state index in [2.05, 4.69) is 15.6 Å². The zero-order valence-corrected chi connectivity index (χ0v) is 18.1. The molecule has 8 heteroatoms. The Hall–Kier alpha value is -4.10. The van der Waals surface area contributed by atoms with Crippen molar-refractivity contribution in [3.63, 3.8) is 0 Å². The minimum absolute atomic E-state index is 0.0988. The number of para-hydroxylation sites is 3. The van der Waals surface area contributed by atoms with Crippen molar-refractivity contribution in [2.75, 3.05) is 16.8 Å². The fraction of sp³-hybridized carbons (Fsp3) is 0.0800. The predicted octanol–water partition coefficient (Wildman–Crippen LogP) is 4.89. The molecule has 1 aromatic heterocycles. The van der Waals surface area contributed by atoms with Crippen molar-refractivity contribution in [3.05, 3.63) is 101 Å². The second kappa shape index (κ2) is 7.79. The Morgan fingerprint density at radius 3 is 2.58 bits per heavy atom. The van der Waals surface area contributed by atoms with Crippen LogP contribution in [0.15, 0.2) is 99.5 Å². The molecule has 3 heterocycles. The average molecular weight is 456 g/mol. The van der Waals surface area contributed by atoms with Crippen molar-refractivity contribution in [1.82, 2.24) is 10.3 Å². The molecule has 0 radical (unpaired) electrons. The lowest BCUT2D eigenvalue weighted by Crippen LogP contribution is -2.36. The zero-order chi connectivity index (χ0) is 22.4. The van der Waals surface area contributed by atoms with Gasteiger partial charge in [-0.1, -0.05) is 60.1 Å². The second-order valence-electron chi connectivity index (χ2n) is 7.76. The van der Waals surface area contributed by atoms with Gasteiger partial charge in [0.05, 0.1) is 12.1 Å². The second-order valence-corrected chi connectivity index (χ2v) is 8.16. The number of fused-ring (bicyclic) bond motifs is 1. The van der Waals surface area contributed by atoms with Crippen LogP contribution in [0.1, 0.15) is 11.6 Å². The molecule has 7 nitrogen and oxygen atoms in total. The Morgan fingerprint density at radius 1 is 1.00 bits per heavy atom. The first-order valence-electron chi connectivity index (χ1n) is 10.5. The monoisotopic (exact) mass is 455 g/mol. The van der Waals surface area contributed by atoms with Crippen LogP contribution in [0.2, 0.25) is 5.02 Å². The Morgan fingerprint density at radius 2 is 1.76 bits per heavy atom. The van der Waals surface area contributed by atoms with Crippen molar-refractivity contribution in [2.24, 2.45) is 4.99 Å². The van der Waals surface area contributed by atoms with Gasteiger partial charge in [-0.15, -0.1) is 0 Å². The first kappa shape index (κ1) is 19.6. The van der Waals surface area contributed by atoms with E-state index in [1.807, 2.05) is 72.8 Å². The van der Waals surface area contributed by atoms with Gasteiger partial charge in [0.2, 0.25) is 5.96 Å². The van der Waals surface area contributed by atoms with Crippen molar-refractivity contribution < 1.29 is 9.21 Å². The summed E-state index contributed by atoms with van der Waals surface area (Å²) in [6.45, 7) is 0.396. The summed E-state index contributed by atoms with van der Waals surface area (Å²) in [6, 6.07) is 24.3. The summed E-state index contributed by atoms with van der Waals surface area (Å²) < 4.78 is 5.80. The third-order valence-electron chi connectivity index (χ3n) is 5.70. The van der Waals surface area contributed by atoms with E-state index in [1.165, 1.54) is 0 Å². The summed E-state index contributed by atoms with van der Waals surface area (Å²) in [4.78, 5) is 24.5. The number of benzene rings is 3. The third-order valence-corrected chi connectivity index (χ3v) is 6.05. The normalized spacial score (nSPS) is 17.7. The number of hydrogen-bond acceptors (Lipinski definition) is 6. The van der Waals surface area contributed by atoms with Crippen LogP contribution in [0.3, 0.4) is 0 Å². The summed E-state index contributed by atoms with van der Waals surface area (Å²) in [5.41, 5.74) is 4.34. The van der Waals surface area contributed by atoms with E-state index in [0.29, 0.717) is 34.7 Å². The van der Waals surface area contributed by atoms with Gasteiger partial charge in [0.1, 0.15) is 11.6 Å². The minimum atomic E-state index is -0.567. The number of hydrogen-bond donors (Lipinski definition) is 2. The third kappa shape index (κ3) is 3.43. The molecular weight excluding hydrogens is 438 g/mol. The lowest BCUT2D eigenvalue weighted by Gasteiger charge is -2.23. The molecule has 0 saturated heterocycles. The van der Waals surface area contributed by atoms with Crippen LogP contribution in [0, 0.1) is 0 Å². The van der Waals surface area contributed by atoms with Gasteiger partial charge in [0.25, 0.3) is 5.91 Å². The SMILES string of the molecule is O=C1C2=C(CN1c1ccccc1)NC(Nc1nc3ccccc3o1)=NC2c1ccccc1Cl. The number of rotatable bonds is 3. The van der Waals surface area contributed by atoms with Gasteiger partial charge in [-0.2, -0.15) is 4.98 Å². The van der Waals surface area contributed by atoms with Gasteiger partial charge in [0.15, 0.2) is 5.58 Å². The number of anilines is 2. The zero-order valence-electron chi connectivity index (χ0n) is 17.3. The summed E-state index contributed by atoms with van der Waals surface area (Å²) >= 11 is 6.52. The van der Waals surface area contributed by atoms with Gasteiger partial charge in [-0.25, -0.2) is 4.99 Å². The topological polar surface area (TPSA) is 82.8 Å². The largest absolute Gasteiger partial charge is 0.423 e. The molecule has 1 unspecified atom stereocenters. The number of amides is 1. The van der Waals surface area contributed by atoms with Gasteiger partial charge in [-0.05, 0) is 30.3 Å². The van der Waals surface area contributed by atoms with E-state index < -0.39 is 6.04 Å². The Balaban J connectivity index is 1.38. The Kier molecular flexibility index (Phi) is 4.62. The van der Waals surface area contributed by atoms with Gasteiger partial charge >= 0.3 is 6.01 Å². The summed E-state index contributed by atoms with van der Waals surface area (Å²) in [5.74, 6) is 0.339. The maximum Gasteiger partial charge on any atom is 0.302 e. The molecule has 1 amide bonds. The number of aromatic nitrogens is 1. The van der Waals surface area contributed by atoms with Gasteiger partial charge in [0, 0.05) is 22.0 Å². The molecule has 0 aliphatic carbocycles. The molecule has 1 atom stereocenters. The van der Waals surface area contributed by atoms with E-state index in [9.17, 15) is 4.79 Å². The van der Waals surface area contributed by atoms with Crippen LogP contribution >= 0.6 is 11.6 Å². The maximum atomic E-state index is 13.5. The number of guanidine groups is 1. The van der Waals surface area contributed by atoms with E-state index in [1.54, 1.807) is 11.0 Å². The molecule has 0 spiro atoms. The van der Waals surface area contributed by atoms with E-state index >= 15 is 0 Å². The van der Waals surface area contributed by atoms with Crippen LogP contribution in [0.25, 0.3) is 11.1 Å². The first-order valence-corrected chi connectivity index (χ1v) is 10.9. The molecule has 33 heavy (non-hydrogen) atoms. The lowest BCUT2D eigenvalue weighted by molar-refractivity contribution is -0.114. The van der Waals surface area contributed by atoms with Crippen LogP contribution in [0.4, 0.5) is 11.7 Å². The molecule has 6 rings (SSSR count). The van der Waals surface area contributed by atoms with E-state index in [0.717, 1.165) is 22.5 Å². The Bertz CT molecular complexity index is 1410. The molecule has 162 valence electrons.